The van der Waals surface area contributed by atoms with E-state index in [9.17, 15) is 17.6 Å². The smallest absolute Gasteiger partial charge is 0.243 e. The molecule has 0 atom stereocenters. The van der Waals surface area contributed by atoms with Gasteiger partial charge in [0, 0.05) is 48.9 Å². The number of carbonyl (C=O) groups is 1. The lowest BCUT2D eigenvalue weighted by molar-refractivity contribution is -0.115. The van der Waals surface area contributed by atoms with Gasteiger partial charge in [0.1, 0.15) is 5.82 Å². The van der Waals surface area contributed by atoms with Crippen LogP contribution >= 0.6 is 11.8 Å². The average Bonchev–Trinajstić information content (AvgIpc) is 2.75. The maximum absolute atomic E-state index is 12.9. The highest BCUT2D eigenvalue weighted by Crippen LogP contribution is 2.22. The predicted molar refractivity (Wildman–Crippen MR) is 118 cm³/mol. The van der Waals surface area contributed by atoms with Gasteiger partial charge in [-0.05, 0) is 49.0 Å². The van der Waals surface area contributed by atoms with Crippen molar-refractivity contribution >= 4 is 33.4 Å². The molecule has 1 aliphatic rings. The summed E-state index contributed by atoms with van der Waals surface area (Å²) in [6, 6.07) is 12.5. The summed E-state index contributed by atoms with van der Waals surface area (Å²) >= 11 is 1.46. The second-order valence-corrected chi connectivity index (χ2v) is 10.1. The van der Waals surface area contributed by atoms with Crippen LogP contribution in [0, 0.1) is 5.82 Å². The molecule has 30 heavy (non-hydrogen) atoms. The fourth-order valence-corrected chi connectivity index (χ4v) is 5.51. The first-order valence-corrected chi connectivity index (χ1v) is 12.3. The van der Waals surface area contributed by atoms with Crippen LogP contribution in [-0.4, -0.2) is 62.0 Å². The van der Waals surface area contributed by atoms with Gasteiger partial charge in [0.2, 0.25) is 15.9 Å². The van der Waals surface area contributed by atoms with Crippen molar-refractivity contribution < 1.29 is 17.6 Å². The van der Waals surface area contributed by atoms with Gasteiger partial charge < -0.3 is 10.2 Å². The number of piperazine rings is 1. The third-order valence-corrected chi connectivity index (χ3v) is 7.85. The number of nitrogens with one attached hydrogen (secondary N) is 1. The molecule has 0 aliphatic carbocycles. The van der Waals surface area contributed by atoms with Crippen LogP contribution in [0.25, 0.3) is 0 Å². The number of carbonyl (C=O) groups excluding carboxylic acids is 1. The Labute approximate surface area is 181 Å². The Hall–Kier alpha value is -1.94. The van der Waals surface area contributed by atoms with E-state index in [-0.39, 0.29) is 23.0 Å². The number of anilines is 1. The molecule has 1 heterocycles. The molecule has 2 aromatic carbocycles. The number of likely N-dealkylation sites (N-methyl/N-ethyl adjacent to an activating group) is 1. The highest BCUT2D eigenvalue weighted by molar-refractivity contribution is 7.99. The fraction of sp³-hybridized carbons (Fsp3) is 0.381. The normalized spacial score (nSPS) is 15.8. The van der Waals surface area contributed by atoms with Crippen molar-refractivity contribution in [3.63, 3.8) is 0 Å². The van der Waals surface area contributed by atoms with Gasteiger partial charge in [0.05, 0.1) is 4.90 Å². The minimum atomic E-state index is -3.59. The number of sulfonamides is 1. The molecule has 0 spiro atoms. The molecule has 1 saturated heterocycles. The number of rotatable bonds is 8. The third-order valence-electron chi connectivity index (χ3n) is 4.95. The molecule has 1 N–H and O–H groups in total. The Morgan fingerprint density at radius 2 is 1.80 bits per heavy atom. The summed E-state index contributed by atoms with van der Waals surface area (Å²) in [6.07, 6.45) is 0.262. The van der Waals surface area contributed by atoms with E-state index >= 15 is 0 Å². The van der Waals surface area contributed by atoms with Crippen molar-refractivity contribution in [2.24, 2.45) is 0 Å². The maximum Gasteiger partial charge on any atom is 0.243 e. The minimum absolute atomic E-state index is 0.186. The molecule has 0 saturated carbocycles. The first-order chi connectivity index (χ1) is 14.4. The summed E-state index contributed by atoms with van der Waals surface area (Å²) in [5, 5.41) is 2.77. The first-order valence-electron chi connectivity index (χ1n) is 9.89. The number of thioether (sulfide) groups is 1. The number of amides is 1. The maximum atomic E-state index is 12.9. The number of benzene rings is 2. The Kier molecular flexibility index (Phi) is 7.87. The van der Waals surface area contributed by atoms with Gasteiger partial charge >= 0.3 is 0 Å². The second kappa shape index (κ2) is 10.4. The standard InChI is InChI=1S/C21H26FN3O3S2/c1-2-24-11-13-25(14-12-24)30(27,28)20-5-3-4-18(16-20)23-21(26)10-15-29-19-8-6-17(22)7-9-19/h3-9,16H,2,10-15H2,1H3,(H,23,26). The van der Waals surface area contributed by atoms with E-state index in [4.69, 9.17) is 0 Å². The van der Waals surface area contributed by atoms with Crippen LogP contribution in [0.15, 0.2) is 58.3 Å². The SMILES string of the molecule is CCN1CCN(S(=O)(=O)c2cccc(NC(=O)CCSc3ccc(F)cc3)c2)CC1. The summed E-state index contributed by atoms with van der Waals surface area (Å²) in [7, 11) is -3.59. The number of hydrogen-bond acceptors (Lipinski definition) is 5. The molecule has 0 aromatic heterocycles. The second-order valence-electron chi connectivity index (χ2n) is 6.97. The van der Waals surface area contributed by atoms with Crippen LogP contribution in [0.2, 0.25) is 0 Å². The molecule has 9 heteroatoms. The molecule has 1 aliphatic heterocycles. The lowest BCUT2D eigenvalue weighted by atomic mass is 10.3. The van der Waals surface area contributed by atoms with Gasteiger partial charge in [-0.25, -0.2) is 12.8 Å². The monoisotopic (exact) mass is 451 g/mol. The van der Waals surface area contributed by atoms with E-state index < -0.39 is 10.0 Å². The summed E-state index contributed by atoms with van der Waals surface area (Å²) in [5.74, 6) is 0.0480. The van der Waals surface area contributed by atoms with E-state index in [2.05, 4.69) is 17.1 Å². The average molecular weight is 452 g/mol. The van der Waals surface area contributed by atoms with Crippen LogP contribution in [0.4, 0.5) is 10.1 Å². The molecule has 0 radical (unpaired) electrons. The van der Waals surface area contributed by atoms with Gasteiger partial charge in [-0.2, -0.15) is 4.31 Å². The summed E-state index contributed by atoms with van der Waals surface area (Å²) in [6.45, 7) is 5.35. The lowest BCUT2D eigenvalue weighted by Gasteiger charge is -2.33. The molecular weight excluding hydrogens is 425 g/mol. The first kappa shape index (κ1) is 22.7. The van der Waals surface area contributed by atoms with Crippen molar-refractivity contribution in [2.75, 3.05) is 43.8 Å². The van der Waals surface area contributed by atoms with Crippen LogP contribution < -0.4 is 5.32 Å². The number of hydrogen-bond donors (Lipinski definition) is 1. The zero-order valence-electron chi connectivity index (χ0n) is 16.9. The van der Waals surface area contributed by atoms with E-state index in [0.717, 1.165) is 24.5 Å². The van der Waals surface area contributed by atoms with Crippen molar-refractivity contribution in [2.45, 2.75) is 23.1 Å². The van der Waals surface area contributed by atoms with Crippen LogP contribution in [-0.2, 0) is 14.8 Å². The molecule has 1 fully saturated rings. The fourth-order valence-electron chi connectivity index (χ4n) is 3.19. The lowest BCUT2D eigenvalue weighted by Crippen LogP contribution is -2.48. The quantitative estimate of drug-likeness (QED) is 0.624. The highest BCUT2D eigenvalue weighted by Gasteiger charge is 2.28. The molecule has 1 amide bonds. The molecule has 3 rings (SSSR count). The molecule has 0 unspecified atom stereocenters. The molecule has 6 nitrogen and oxygen atoms in total. The Morgan fingerprint density at radius 1 is 1.10 bits per heavy atom. The number of nitrogens with zero attached hydrogens (tertiary/aromatic N) is 2. The van der Waals surface area contributed by atoms with Crippen LogP contribution in [0.1, 0.15) is 13.3 Å². The van der Waals surface area contributed by atoms with Crippen molar-refractivity contribution in [3.05, 3.63) is 54.3 Å². The Balaban J connectivity index is 1.55. The van der Waals surface area contributed by atoms with E-state index in [1.807, 2.05) is 0 Å². The highest BCUT2D eigenvalue weighted by atomic mass is 32.2. The summed E-state index contributed by atoms with van der Waals surface area (Å²) in [5.41, 5.74) is 0.458. The molecule has 0 bridgehead atoms. The third kappa shape index (κ3) is 6.04. The minimum Gasteiger partial charge on any atom is -0.326 e. The van der Waals surface area contributed by atoms with Gasteiger partial charge in [-0.15, -0.1) is 11.8 Å². The Morgan fingerprint density at radius 3 is 2.47 bits per heavy atom. The van der Waals surface area contributed by atoms with Crippen molar-refractivity contribution in [1.29, 1.82) is 0 Å². The number of halogens is 1. The van der Waals surface area contributed by atoms with Gasteiger partial charge in [0.25, 0.3) is 0 Å². The van der Waals surface area contributed by atoms with Gasteiger partial charge in [-0.3, -0.25) is 4.79 Å². The predicted octanol–water partition coefficient (Wildman–Crippen LogP) is 3.27. The van der Waals surface area contributed by atoms with Crippen LogP contribution in [0.3, 0.4) is 0 Å². The van der Waals surface area contributed by atoms with E-state index in [1.165, 1.54) is 34.3 Å². The van der Waals surface area contributed by atoms with Gasteiger partial charge in [-0.1, -0.05) is 13.0 Å². The largest absolute Gasteiger partial charge is 0.326 e. The van der Waals surface area contributed by atoms with Crippen molar-refractivity contribution in [3.8, 4) is 0 Å². The van der Waals surface area contributed by atoms with Gasteiger partial charge in [0.15, 0.2) is 0 Å². The Bertz CT molecular complexity index is 960. The molecule has 2 aromatic rings. The van der Waals surface area contributed by atoms with E-state index in [1.54, 1.807) is 30.3 Å². The summed E-state index contributed by atoms with van der Waals surface area (Å²) in [4.78, 5) is 15.5. The van der Waals surface area contributed by atoms with Crippen LogP contribution in [0.5, 0.6) is 0 Å². The van der Waals surface area contributed by atoms with Crippen molar-refractivity contribution in [1.82, 2.24) is 9.21 Å². The summed E-state index contributed by atoms with van der Waals surface area (Å²) < 4.78 is 40.3. The molecule has 162 valence electrons. The topological polar surface area (TPSA) is 69.7 Å². The zero-order valence-corrected chi connectivity index (χ0v) is 18.5. The van der Waals surface area contributed by atoms with E-state index in [0.29, 0.717) is 24.5 Å². The zero-order chi connectivity index (χ0) is 21.6. The molecular formula is C21H26FN3O3S2.